The second-order valence-electron chi connectivity index (χ2n) is 4.87. The zero-order valence-electron chi connectivity index (χ0n) is 12.1. The molecule has 0 bridgehead atoms. The number of piperidine rings is 1. The second-order valence-corrected chi connectivity index (χ2v) is 4.87. The van der Waals surface area contributed by atoms with Gasteiger partial charge in [-0.3, -0.25) is 4.79 Å². The van der Waals surface area contributed by atoms with Crippen LogP contribution in [-0.2, 0) is 9.53 Å². The molecule has 0 unspecified atom stereocenters. The molecule has 0 aromatic heterocycles. The molecule has 1 heterocycles. The molecule has 5 heteroatoms. The Kier molecular flexibility index (Phi) is 4.84. The van der Waals surface area contributed by atoms with E-state index in [9.17, 15) is 4.79 Å². The third kappa shape index (κ3) is 3.04. The lowest BCUT2D eigenvalue weighted by molar-refractivity contribution is -0.147. The van der Waals surface area contributed by atoms with Gasteiger partial charge in [0.15, 0.2) is 0 Å². The van der Waals surface area contributed by atoms with E-state index in [0.29, 0.717) is 0 Å². The van der Waals surface area contributed by atoms with Gasteiger partial charge in [0, 0.05) is 18.5 Å². The highest BCUT2D eigenvalue weighted by molar-refractivity contribution is 5.74. The molecule has 1 aliphatic rings. The lowest BCUT2D eigenvalue weighted by Crippen LogP contribution is -2.39. The summed E-state index contributed by atoms with van der Waals surface area (Å²) in [4.78, 5) is 11.9. The van der Waals surface area contributed by atoms with Crippen LogP contribution in [0.5, 0.6) is 11.5 Å². The summed E-state index contributed by atoms with van der Waals surface area (Å²) in [6, 6.07) is 5.74. The number of hydrogen-bond donors (Lipinski definition) is 1. The van der Waals surface area contributed by atoms with Gasteiger partial charge in [0.05, 0.1) is 27.2 Å². The lowest BCUT2D eigenvalue weighted by Gasteiger charge is -2.31. The van der Waals surface area contributed by atoms with E-state index in [1.54, 1.807) is 14.2 Å². The smallest absolute Gasteiger partial charge is 0.309 e. The van der Waals surface area contributed by atoms with Crippen LogP contribution in [0.4, 0.5) is 0 Å². The summed E-state index contributed by atoms with van der Waals surface area (Å²) >= 11 is 0. The first-order chi connectivity index (χ1) is 9.69. The molecule has 1 aliphatic heterocycles. The van der Waals surface area contributed by atoms with Crippen molar-refractivity contribution in [3.05, 3.63) is 23.8 Å². The van der Waals surface area contributed by atoms with Crippen molar-refractivity contribution >= 4 is 5.97 Å². The molecule has 110 valence electrons. The van der Waals surface area contributed by atoms with Crippen LogP contribution in [0.2, 0.25) is 0 Å². The van der Waals surface area contributed by atoms with E-state index >= 15 is 0 Å². The highest BCUT2D eigenvalue weighted by Gasteiger charge is 2.33. The molecule has 0 spiro atoms. The number of hydrogen-bond acceptors (Lipinski definition) is 5. The molecule has 1 aromatic carbocycles. The minimum absolute atomic E-state index is 0.0696. The van der Waals surface area contributed by atoms with E-state index in [1.165, 1.54) is 7.11 Å². The number of esters is 1. The molecule has 2 rings (SSSR count). The highest BCUT2D eigenvalue weighted by atomic mass is 16.5. The van der Waals surface area contributed by atoms with E-state index in [2.05, 4.69) is 5.32 Å². The van der Waals surface area contributed by atoms with E-state index in [1.807, 2.05) is 18.2 Å². The molecular weight excluding hydrogens is 258 g/mol. The fourth-order valence-electron chi connectivity index (χ4n) is 2.69. The fourth-order valence-corrected chi connectivity index (χ4v) is 2.69. The van der Waals surface area contributed by atoms with Gasteiger partial charge in [0.1, 0.15) is 11.5 Å². The van der Waals surface area contributed by atoms with E-state index < -0.39 is 0 Å². The number of benzene rings is 1. The molecule has 1 fully saturated rings. The van der Waals surface area contributed by atoms with Gasteiger partial charge in [-0.25, -0.2) is 0 Å². The monoisotopic (exact) mass is 279 g/mol. The second kappa shape index (κ2) is 6.61. The Hall–Kier alpha value is -1.75. The Morgan fingerprint density at radius 2 is 1.80 bits per heavy atom. The number of nitrogens with one attached hydrogen (secondary N) is 1. The summed E-state index contributed by atoms with van der Waals surface area (Å²) in [6.45, 7) is 1.58. The van der Waals surface area contributed by atoms with Crippen LogP contribution in [0.1, 0.15) is 17.9 Å². The number of ether oxygens (including phenoxy) is 3. The summed E-state index contributed by atoms with van der Waals surface area (Å²) < 4.78 is 15.5. The minimum Gasteiger partial charge on any atom is -0.497 e. The van der Waals surface area contributed by atoms with E-state index in [4.69, 9.17) is 14.2 Å². The number of carbonyl (C=O) groups excluding carboxylic acids is 1. The maximum Gasteiger partial charge on any atom is 0.309 e. The third-order valence-corrected chi connectivity index (χ3v) is 3.79. The Bertz CT molecular complexity index is 453. The van der Waals surface area contributed by atoms with Gasteiger partial charge < -0.3 is 19.5 Å². The van der Waals surface area contributed by atoms with Crippen molar-refractivity contribution in [1.82, 2.24) is 5.32 Å². The summed E-state index contributed by atoms with van der Waals surface area (Å²) in [5.41, 5.74) is 1.03. The zero-order chi connectivity index (χ0) is 14.5. The van der Waals surface area contributed by atoms with Crippen LogP contribution in [-0.4, -0.2) is 40.4 Å². The minimum atomic E-state index is -0.154. The van der Waals surface area contributed by atoms with Crippen molar-refractivity contribution in [2.75, 3.05) is 34.4 Å². The molecular formula is C15H21NO4. The first-order valence-corrected chi connectivity index (χ1v) is 6.71. The Morgan fingerprint density at radius 3 is 2.35 bits per heavy atom. The highest BCUT2D eigenvalue weighted by Crippen LogP contribution is 2.34. The number of carbonyl (C=O) groups is 1. The molecule has 0 aliphatic carbocycles. The van der Waals surface area contributed by atoms with Crippen molar-refractivity contribution in [3.8, 4) is 11.5 Å². The normalized spacial score (nSPS) is 22.1. The van der Waals surface area contributed by atoms with Gasteiger partial charge >= 0.3 is 5.97 Å². The fraction of sp³-hybridized carbons (Fsp3) is 0.533. The summed E-state index contributed by atoms with van der Waals surface area (Å²) in [5.74, 6) is 1.25. The maximum absolute atomic E-state index is 11.9. The van der Waals surface area contributed by atoms with Crippen molar-refractivity contribution in [3.63, 3.8) is 0 Å². The van der Waals surface area contributed by atoms with E-state index in [-0.39, 0.29) is 17.8 Å². The summed E-state index contributed by atoms with van der Waals surface area (Å²) in [6.07, 6.45) is 0.775. The van der Waals surface area contributed by atoms with Crippen molar-refractivity contribution in [2.45, 2.75) is 12.3 Å². The predicted molar refractivity (Wildman–Crippen MR) is 75.3 cm³/mol. The zero-order valence-corrected chi connectivity index (χ0v) is 12.1. The van der Waals surface area contributed by atoms with Gasteiger partial charge in [-0.2, -0.15) is 0 Å². The van der Waals surface area contributed by atoms with Gasteiger partial charge in [0.25, 0.3) is 0 Å². The summed E-state index contributed by atoms with van der Waals surface area (Å²) in [5, 5.41) is 3.33. The Morgan fingerprint density at radius 1 is 1.15 bits per heavy atom. The molecule has 0 saturated carbocycles. The van der Waals surface area contributed by atoms with Gasteiger partial charge in [-0.15, -0.1) is 0 Å². The average Bonchev–Trinajstić information content (AvgIpc) is 2.53. The van der Waals surface area contributed by atoms with Crippen LogP contribution < -0.4 is 14.8 Å². The first-order valence-electron chi connectivity index (χ1n) is 6.71. The third-order valence-electron chi connectivity index (χ3n) is 3.79. The molecule has 1 aromatic rings. The van der Waals surface area contributed by atoms with Gasteiger partial charge in [0.2, 0.25) is 0 Å². The molecule has 1 saturated heterocycles. The number of methoxy groups -OCH3 is 3. The standard InChI is InChI=1S/C15H21NO4/c1-18-11-6-10(7-12(8-11)19-2)14-9-16-5-4-13(14)15(17)20-3/h6-8,13-14,16H,4-5,9H2,1-3H3/t13-,14+/m1/s1. The molecule has 5 nitrogen and oxygen atoms in total. The molecule has 2 atom stereocenters. The van der Waals surface area contributed by atoms with Crippen LogP contribution >= 0.6 is 0 Å². The largest absolute Gasteiger partial charge is 0.497 e. The van der Waals surface area contributed by atoms with Crippen molar-refractivity contribution < 1.29 is 19.0 Å². The average molecular weight is 279 g/mol. The van der Waals surface area contributed by atoms with Crippen LogP contribution in [0.25, 0.3) is 0 Å². The SMILES string of the molecule is COC(=O)[C@@H]1CCNC[C@H]1c1cc(OC)cc(OC)c1. The van der Waals surface area contributed by atoms with Gasteiger partial charge in [-0.1, -0.05) is 0 Å². The molecule has 20 heavy (non-hydrogen) atoms. The Balaban J connectivity index is 2.33. The number of rotatable bonds is 4. The first kappa shape index (κ1) is 14.7. The van der Waals surface area contributed by atoms with Crippen molar-refractivity contribution in [2.24, 2.45) is 5.92 Å². The maximum atomic E-state index is 11.9. The van der Waals surface area contributed by atoms with E-state index in [0.717, 1.165) is 36.6 Å². The van der Waals surface area contributed by atoms with Crippen LogP contribution in [0.3, 0.4) is 0 Å². The lowest BCUT2D eigenvalue weighted by atomic mass is 9.81. The Labute approximate surface area is 119 Å². The molecule has 1 N–H and O–H groups in total. The van der Waals surface area contributed by atoms with Crippen molar-refractivity contribution in [1.29, 1.82) is 0 Å². The van der Waals surface area contributed by atoms with Crippen LogP contribution in [0, 0.1) is 5.92 Å². The molecule has 0 radical (unpaired) electrons. The predicted octanol–water partition coefficient (Wildman–Crippen LogP) is 1.57. The summed E-state index contributed by atoms with van der Waals surface area (Å²) in [7, 11) is 4.68. The van der Waals surface area contributed by atoms with Crippen LogP contribution in [0.15, 0.2) is 18.2 Å². The molecule has 0 amide bonds. The van der Waals surface area contributed by atoms with Gasteiger partial charge in [-0.05, 0) is 30.7 Å². The topological polar surface area (TPSA) is 56.8 Å². The quantitative estimate of drug-likeness (QED) is 0.848.